The zero-order valence-electron chi connectivity index (χ0n) is 10.5. The van der Waals surface area contributed by atoms with Gasteiger partial charge in [-0.15, -0.1) is 0 Å². The lowest BCUT2D eigenvalue weighted by Crippen LogP contribution is -2.13. The molecule has 0 atom stereocenters. The fourth-order valence-electron chi connectivity index (χ4n) is 1.72. The Bertz CT molecular complexity index is 539. The molecule has 0 aliphatic carbocycles. The monoisotopic (exact) mass is 263 g/mol. The molecule has 0 spiro atoms. The molecule has 5 heteroatoms. The number of aromatic nitrogens is 2. The van der Waals surface area contributed by atoms with Gasteiger partial charge in [0.1, 0.15) is 11.6 Å². The smallest absolute Gasteiger partial charge is 0.224 e. The Morgan fingerprint density at radius 3 is 2.61 bits per heavy atom. The van der Waals surface area contributed by atoms with Crippen molar-refractivity contribution in [3.05, 3.63) is 41.3 Å². The zero-order valence-corrected chi connectivity index (χ0v) is 11.3. The molecule has 0 radical (unpaired) electrons. The van der Waals surface area contributed by atoms with Crippen molar-refractivity contribution in [3.8, 4) is 5.75 Å². The van der Waals surface area contributed by atoms with Gasteiger partial charge in [0.2, 0.25) is 5.28 Å². The number of hydrogen-bond acceptors (Lipinski definition) is 4. The van der Waals surface area contributed by atoms with Crippen LogP contribution in [0.2, 0.25) is 5.28 Å². The summed E-state index contributed by atoms with van der Waals surface area (Å²) < 4.78 is 5.33. The van der Waals surface area contributed by atoms with Gasteiger partial charge in [0.25, 0.3) is 0 Å². The molecule has 2 rings (SSSR count). The lowest BCUT2D eigenvalue weighted by molar-refractivity contribution is 0.415. The first kappa shape index (κ1) is 12.6. The van der Waals surface area contributed by atoms with Crippen molar-refractivity contribution in [2.45, 2.75) is 6.92 Å². The molecule has 18 heavy (non-hydrogen) atoms. The minimum absolute atomic E-state index is 0.242. The highest BCUT2D eigenvalue weighted by molar-refractivity contribution is 6.28. The Kier molecular flexibility index (Phi) is 3.67. The number of rotatable bonds is 3. The SMILES string of the molecule is COc1ccccc1N(C)c1cc(C)nc(Cl)n1. The first-order valence-electron chi connectivity index (χ1n) is 5.49. The van der Waals surface area contributed by atoms with Gasteiger partial charge in [-0.05, 0) is 30.7 Å². The third-order valence-corrected chi connectivity index (χ3v) is 2.77. The molecule has 4 nitrogen and oxygen atoms in total. The number of benzene rings is 1. The van der Waals surface area contributed by atoms with E-state index in [0.29, 0.717) is 0 Å². The van der Waals surface area contributed by atoms with Gasteiger partial charge in [-0.1, -0.05) is 12.1 Å². The maximum absolute atomic E-state index is 5.88. The van der Waals surface area contributed by atoms with E-state index in [-0.39, 0.29) is 5.28 Å². The van der Waals surface area contributed by atoms with Crippen LogP contribution in [0.1, 0.15) is 5.69 Å². The number of anilines is 2. The standard InChI is InChI=1S/C13H14ClN3O/c1-9-8-12(16-13(14)15-9)17(2)10-6-4-5-7-11(10)18-3/h4-8H,1-3H3. The largest absolute Gasteiger partial charge is 0.495 e. The average molecular weight is 264 g/mol. The Morgan fingerprint density at radius 2 is 1.94 bits per heavy atom. The van der Waals surface area contributed by atoms with E-state index in [0.717, 1.165) is 22.9 Å². The van der Waals surface area contributed by atoms with Crippen LogP contribution in [0.3, 0.4) is 0 Å². The highest BCUT2D eigenvalue weighted by atomic mass is 35.5. The lowest BCUT2D eigenvalue weighted by Gasteiger charge is -2.20. The second kappa shape index (κ2) is 5.23. The van der Waals surface area contributed by atoms with E-state index in [4.69, 9.17) is 16.3 Å². The van der Waals surface area contributed by atoms with Crippen LogP contribution < -0.4 is 9.64 Å². The van der Waals surface area contributed by atoms with Crippen LogP contribution in [0, 0.1) is 6.92 Å². The number of hydrogen-bond donors (Lipinski definition) is 0. The fraction of sp³-hybridized carbons (Fsp3) is 0.231. The minimum Gasteiger partial charge on any atom is -0.495 e. The van der Waals surface area contributed by atoms with Gasteiger partial charge in [0.15, 0.2) is 0 Å². The topological polar surface area (TPSA) is 38.2 Å². The number of methoxy groups -OCH3 is 1. The quantitative estimate of drug-likeness (QED) is 0.797. The van der Waals surface area contributed by atoms with Crippen molar-refractivity contribution in [1.82, 2.24) is 9.97 Å². The highest BCUT2D eigenvalue weighted by Gasteiger charge is 2.11. The maximum Gasteiger partial charge on any atom is 0.224 e. The molecule has 1 aromatic carbocycles. The molecule has 1 heterocycles. The Labute approximate surface area is 111 Å². The minimum atomic E-state index is 0.242. The molecule has 0 saturated carbocycles. The van der Waals surface area contributed by atoms with E-state index < -0.39 is 0 Å². The van der Waals surface area contributed by atoms with Crippen LogP contribution in [-0.2, 0) is 0 Å². The molecule has 0 amide bonds. The molecule has 0 N–H and O–H groups in total. The lowest BCUT2D eigenvalue weighted by atomic mass is 10.2. The van der Waals surface area contributed by atoms with Gasteiger partial charge < -0.3 is 9.64 Å². The van der Waals surface area contributed by atoms with Gasteiger partial charge in [0, 0.05) is 18.8 Å². The number of ether oxygens (including phenoxy) is 1. The molecule has 0 bridgehead atoms. The molecule has 0 aliphatic rings. The molecule has 0 aliphatic heterocycles. The second-order valence-corrected chi connectivity index (χ2v) is 4.21. The first-order chi connectivity index (χ1) is 8.61. The number of aryl methyl sites for hydroxylation is 1. The van der Waals surface area contributed by atoms with Gasteiger partial charge in [-0.25, -0.2) is 9.97 Å². The zero-order chi connectivity index (χ0) is 13.1. The third-order valence-electron chi connectivity index (χ3n) is 2.60. The van der Waals surface area contributed by atoms with Crippen LogP contribution in [0.15, 0.2) is 30.3 Å². The van der Waals surface area contributed by atoms with Gasteiger partial charge in [-0.3, -0.25) is 0 Å². The summed E-state index contributed by atoms with van der Waals surface area (Å²) in [6.07, 6.45) is 0. The van der Waals surface area contributed by atoms with Crippen molar-refractivity contribution in [2.75, 3.05) is 19.1 Å². The Balaban J connectivity index is 2.44. The number of para-hydroxylation sites is 2. The van der Waals surface area contributed by atoms with Crippen LogP contribution in [0.25, 0.3) is 0 Å². The predicted molar refractivity (Wildman–Crippen MR) is 72.8 cm³/mol. The van der Waals surface area contributed by atoms with E-state index in [9.17, 15) is 0 Å². The number of halogens is 1. The normalized spacial score (nSPS) is 10.2. The molecule has 2 aromatic rings. The highest BCUT2D eigenvalue weighted by Crippen LogP contribution is 2.31. The molecular formula is C13H14ClN3O. The average Bonchev–Trinajstić information content (AvgIpc) is 2.36. The summed E-state index contributed by atoms with van der Waals surface area (Å²) in [4.78, 5) is 10.2. The van der Waals surface area contributed by atoms with E-state index >= 15 is 0 Å². The predicted octanol–water partition coefficient (Wildman–Crippen LogP) is 3.21. The summed E-state index contributed by atoms with van der Waals surface area (Å²) in [5, 5.41) is 0.242. The van der Waals surface area contributed by atoms with E-state index in [1.807, 2.05) is 49.2 Å². The van der Waals surface area contributed by atoms with Crippen LogP contribution in [-0.4, -0.2) is 24.1 Å². The summed E-state index contributed by atoms with van der Waals surface area (Å²) in [6.45, 7) is 1.88. The summed E-state index contributed by atoms with van der Waals surface area (Å²) >= 11 is 5.88. The molecule has 1 aromatic heterocycles. The molecule has 0 fully saturated rings. The van der Waals surface area contributed by atoms with Crippen molar-refractivity contribution in [3.63, 3.8) is 0 Å². The van der Waals surface area contributed by atoms with Gasteiger partial charge in [0.05, 0.1) is 12.8 Å². The molecular weight excluding hydrogens is 250 g/mol. The third kappa shape index (κ3) is 2.54. The van der Waals surface area contributed by atoms with Crippen molar-refractivity contribution >= 4 is 23.1 Å². The van der Waals surface area contributed by atoms with E-state index in [1.165, 1.54) is 0 Å². The summed E-state index contributed by atoms with van der Waals surface area (Å²) in [5.41, 5.74) is 1.75. The summed E-state index contributed by atoms with van der Waals surface area (Å²) in [7, 11) is 3.56. The fourth-order valence-corrected chi connectivity index (χ4v) is 1.94. The second-order valence-electron chi connectivity index (χ2n) is 3.87. The molecule has 0 unspecified atom stereocenters. The maximum atomic E-state index is 5.88. The summed E-state index contributed by atoms with van der Waals surface area (Å²) in [5.74, 6) is 1.52. The summed E-state index contributed by atoms with van der Waals surface area (Å²) in [6, 6.07) is 9.61. The van der Waals surface area contributed by atoms with Crippen LogP contribution in [0.5, 0.6) is 5.75 Å². The van der Waals surface area contributed by atoms with E-state index in [1.54, 1.807) is 7.11 Å². The van der Waals surface area contributed by atoms with Crippen molar-refractivity contribution in [1.29, 1.82) is 0 Å². The molecule has 0 saturated heterocycles. The van der Waals surface area contributed by atoms with Crippen LogP contribution in [0.4, 0.5) is 11.5 Å². The molecule has 94 valence electrons. The first-order valence-corrected chi connectivity index (χ1v) is 5.87. The van der Waals surface area contributed by atoms with E-state index in [2.05, 4.69) is 9.97 Å². The van der Waals surface area contributed by atoms with Crippen molar-refractivity contribution < 1.29 is 4.74 Å². The van der Waals surface area contributed by atoms with Gasteiger partial charge >= 0.3 is 0 Å². The Morgan fingerprint density at radius 1 is 1.22 bits per heavy atom. The Hall–Kier alpha value is -1.81. The van der Waals surface area contributed by atoms with Gasteiger partial charge in [-0.2, -0.15) is 0 Å². The van der Waals surface area contributed by atoms with Crippen LogP contribution >= 0.6 is 11.6 Å². The van der Waals surface area contributed by atoms with Crippen molar-refractivity contribution in [2.24, 2.45) is 0 Å². The number of nitrogens with zero attached hydrogens (tertiary/aromatic N) is 3.